The fourth-order valence-corrected chi connectivity index (χ4v) is 4.07. The number of likely N-dealkylation sites (tertiary alicyclic amines) is 1. The van der Waals surface area contributed by atoms with Crippen LogP contribution in [0.4, 0.5) is 0 Å². The Balaban J connectivity index is 1.52. The molecule has 1 saturated carbocycles. The minimum atomic E-state index is -0.584. The van der Waals surface area contributed by atoms with Crippen LogP contribution in [0, 0.1) is 0 Å². The molecular weight excluding hydrogens is 330 g/mol. The summed E-state index contributed by atoms with van der Waals surface area (Å²) in [6, 6.07) is -0.0366. The topological polar surface area (TPSA) is 71.4 Å². The molecule has 0 aromatic heterocycles. The Bertz CT molecular complexity index is 506. The molecule has 1 aliphatic carbocycles. The van der Waals surface area contributed by atoms with Crippen LogP contribution in [0.15, 0.2) is 4.99 Å². The van der Waals surface area contributed by atoms with E-state index in [2.05, 4.69) is 27.0 Å². The van der Waals surface area contributed by atoms with Crippen LogP contribution in [-0.4, -0.2) is 95.7 Å². The van der Waals surface area contributed by atoms with Gasteiger partial charge in [0.15, 0.2) is 5.96 Å². The summed E-state index contributed by atoms with van der Waals surface area (Å²) in [4.78, 5) is 23.9. The summed E-state index contributed by atoms with van der Waals surface area (Å²) < 4.78 is 0. The highest BCUT2D eigenvalue weighted by molar-refractivity contribution is 5.82. The first-order valence-electron chi connectivity index (χ1n) is 10.3. The van der Waals surface area contributed by atoms with Crippen molar-refractivity contribution in [2.75, 3.05) is 52.4 Å². The Morgan fingerprint density at radius 2 is 1.73 bits per heavy atom. The highest BCUT2D eigenvalue weighted by Crippen LogP contribution is 2.31. The van der Waals surface area contributed by atoms with Crippen molar-refractivity contribution in [3.8, 4) is 0 Å². The van der Waals surface area contributed by atoms with Crippen molar-refractivity contribution < 1.29 is 9.90 Å². The van der Waals surface area contributed by atoms with Crippen LogP contribution in [0.2, 0.25) is 0 Å². The van der Waals surface area contributed by atoms with Gasteiger partial charge in [-0.05, 0) is 46.0 Å². The smallest absolute Gasteiger partial charge is 0.239 e. The van der Waals surface area contributed by atoms with E-state index in [1.807, 2.05) is 11.8 Å². The van der Waals surface area contributed by atoms with E-state index in [1.165, 1.54) is 0 Å². The predicted octanol–water partition coefficient (Wildman–Crippen LogP) is 0.495. The number of amides is 1. The maximum atomic E-state index is 12.6. The summed E-state index contributed by atoms with van der Waals surface area (Å²) in [7, 11) is 0. The number of nitrogens with zero attached hydrogens (tertiary/aromatic N) is 4. The monoisotopic (exact) mass is 365 g/mol. The van der Waals surface area contributed by atoms with Crippen LogP contribution in [0.3, 0.4) is 0 Å². The fourth-order valence-electron chi connectivity index (χ4n) is 4.07. The molecule has 0 spiro atoms. The number of rotatable bonds is 5. The molecule has 1 atom stereocenters. The van der Waals surface area contributed by atoms with Gasteiger partial charge in [0.1, 0.15) is 0 Å². The summed E-state index contributed by atoms with van der Waals surface area (Å²) in [5.41, 5.74) is -0.584. The van der Waals surface area contributed by atoms with Crippen molar-refractivity contribution in [3.63, 3.8) is 0 Å². The molecule has 2 aliphatic heterocycles. The van der Waals surface area contributed by atoms with Gasteiger partial charge in [-0.2, -0.15) is 0 Å². The molecule has 1 unspecified atom stereocenters. The zero-order chi connectivity index (χ0) is 18.6. The number of piperazine rings is 1. The number of guanidine groups is 1. The van der Waals surface area contributed by atoms with Crippen molar-refractivity contribution in [3.05, 3.63) is 0 Å². The van der Waals surface area contributed by atoms with Gasteiger partial charge in [0.2, 0.25) is 5.91 Å². The first kappa shape index (κ1) is 19.4. The van der Waals surface area contributed by atoms with Gasteiger partial charge < -0.3 is 20.2 Å². The third kappa shape index (κ3) is 4.49. The molecule has 0 radical (unpaired) electrons. The van der Waals surface area contributed by atoms with Gasteiger partial charge in [-0.25, -0.2) is 0 Å². The highest BCUT2D eigenvalue weighted by atomic mass is 16.3. The van der Waals surface area contributed by atoms with Gasteiger partial charge in [0.05, 0.1) is 18.2 Å². The van der Waals surface area contributed by atoms with Crippen LogP contribution in [0.5, 0.6) is 0 Å². The zero-order valence-electron chi connectivity index (χ0n) is 16.4. The van der Waals surface area contributed by atoms with Crippen LogP contribution in [-0.2, 0) is 4.79 Å². The Hall–Kier alpha value is -1.34. The van der Waals surface area contributed by atoms with E-state index in [1.54, 1.807) is 0 Å². The molecule has 3 rings (SSSR count). The molecule has 3 fully saturated rings. The molecular formula is C19H35N5O2. The van der Waals surface area contributed by atoms with Gasteiger partial charge in [-0.1, -0.05) is 0 Å². The van der Waals surface area contributed by atoms with E-state index < -0.39 is 5.60 Å². The molecule has 0 aromatic rings. The van der Waals surface area contributed by atoms with Gasteiger partial charge in [-0.15, -0.1) is 0 Å². The fraction of sp³-hybridized carbons (Fsp3) is 0.895. The van der Waals surface area contributed by atoms with E-state index in [9.17, 15) is 9.90 Å². The summed E-state index contributed by atoms with van der Waals surface area (Å²) in [6.45, 7) is 10.7. The number of nitrogens with one attached hydrogen (secondary N) is 1. The van der Waals surface area contributed by atoms with Crippen molar-refractivity contribution in [1.82, 2.24) is 20.0 Å². The lowest BCUT2D eigenvalue weighted by Crippen LogP contribution is -2.57. The van der Waals surface area contributed by atoms with Gasteiger partial charge in [0, 0.05) is 45.8 Å². The number of aliphatic hydroxyl groups is 1. The molecule has 3 aliphatic rings. The number of carbonyl (C=O) groups excluding carboxylic acids is 1. The molecule has 7 heteroatoms. The van der Waals surface area contributed by atoms with Gasteiger partial charge in [-0.3, -0.25) is 14.7 Å². The average molecular weight is 366 g/mol. The van der Waals surface area contributed by atoms with Crippen LogP contribution in [0.25, 0.3) is 0 Å². The quantitative estimate of drug-likeness (QED) is 0.548. The van der Waals surface area contributed by atoms with E-state index in [-0.39, 0.29) is 11.9 Å². The minimum absolute atomic E-state index is 0.0366. The van der Waals surface area contributed by atoms with E-state index in [4.69, 9.17) is 0 Å². The third-order valence-corrected chi connectivity index (χ3v) is 6.08. The Morgan fingerprint density at radius 3 is 2.27 bits per heavy atom. The number of aliphatic imine (C=N–C) groups is 1. The van der Waals surface area contributed by atoms with Crippen LogP contribution >= 0.6 is 0 Å². The lowest BCUT2D eigenvalue weighted by atomic mass is 9.80. The molecule has 0 bridgehead atoms. The molecule has 1 amide bonds. The molecule has 2 N–H and O–H groups in total. The average Bonchev–Trinajstić information content (AvgIpc) is 3.17. The minimum Gasteiger partial charge on any atom is -0.388 e. The van der Waals surface area contributed by atoms with E-state index in [0.29, 0.717) is 6.54 Å². The van der Waals surface area contributed by atoms with E-state index >= 15 is 0 Å². The normalized spacial score (nSPS) is 25.1. The predicted molar refractivity (Wildman–Crippen MR) is 103 cm³/mol. The van der Waals surface area contributed by atoms with Gasteiger partial charge in [0.25, 0.3) is 0 Å². The molecule has 148 valence electrons. The number of hydrogen-bond acceptors (Lipinski definition) is 4. The first-order valence-corrected chi connectivity index (χ1v) is 10.3. The summed E-state index contributed by atoms with van der Waals surface area (Å²) >= 11 is 0. The molecule has 7 nitrogen and oxygen atoms in total. The summed E-state index contributed by atoms with van der Waals surface area (Å²) in [5, 5.41) is 13.7. The Kier molecular flexibility index (Phi) is 6.40. The number of hydrogen-bond donors (Lipinski definition) is 2. The molecule has 26 heavy (non-hydrogen) atoms. The van der Waals surface area contributed by atoms with Gasteiger partial charge >= 0.3 is 0 Å². The lowest BCUT2D eigenvalue weighted by molar-refractivity contribution is -0.135. The van der Waals surface area contributed by atoms with E-state index in [0.717, 1.165) is 83.9 Å². The van der Waals surface area contributed by atoms with Crippen molar-refractivity contribution in [1.29, 1.82) is 0 Å². The van der Waals surface area contributed by atoms with Crippen molar-refractivity contribution in [2.24, 2.45) is 4.99 Å². The first-order chi connectivity index (χ1) is 12.5. The van der Waals surface area contributed by atoms with Crippen LogP contribution < -0.4 is 5.32 Å². The maximum absolute atomic E-state index is 12.6. The second kappa shape index (κ2) is 8.57. The van der Waals surface area contributed by atoms with Crippen molar-refractivity contribution >= 4 is 11.9 Å². The zero-order valence-corrected chi connectivity index (χ0v) is 16.4. The highest BCUT2D eigenvalue weighted by Gasteiger charge is 2.35. The maximum Gasteiger partial charge on any atom is 0.239 e. The number of carbonyl (C=O) groups is 1. The molecule has 2 heterocycles. The molecule has 2 saturated heterocycles. The largest absolute Gasteiger partial charge is 0.388 e. The SMILES string of the molecule is CCNC(=NCC1(O)CCC1)N1CCN(C(C)C(=O)N2CCCC2)CC1. The second-order valence-electron chi connectivity index (χ2n) is 7.98. The Labute approximate surface area is 157 Å². The molecule has 0 aromatic carbocycles. The Morgan fingerprint density at radius 1 is 1.08 bits per heavy atom. The van der Waals surface area contributed by atoms with Crippen molar-refractivity contribution in [2.45, 2.75) is 57.6 Å². The third-order valence-electron chi connectivity index (χ3n) is 6.08. The standard InChI is InChI=1S/C19H35N5O2/c1-3-20-18(21-15-19(26)7-6-8-19)24-13-11-22(12-14-24)16(2)17(25)23-9-4-5-10-23/h16,26H,3-15H2,1-2H3,(H,20,21). The van der Waals surface area contributed by atoms with Crippen LogP contribution in [0.1, 0.15) is 46.0 Å². The summed E-state index contributed by atoms with van der Waals surface area (Å²) in [5.74, 6) is 1.18. The second-order valence-corrected chi connectivity index (χ2v) is 7.98. The lowest BCUT2D eigenvalue weighted by Gasteiger charge is -2.40. The summed E-state index contributed by atoms with van der Waals surface area (Å²) in [6.07, 6.45) is 5.10.